The van der Waals surface area contributed by atoms with Gasteiger partial charge in [-0.2, -0.15) is 0 Å². The molecule has 0 atom stereocenters. The third kappa shape index (κ3) is 4.76. The van der Waals surface area contributed by atoms with Gasteiger partial charge in [-0.15, -0.1) is 11.3 Å². The van der Waals surface area contributed by atoms with Gasteiger partial charge >= 0.3 is 0 Å². The summed E-state index contributed by atoms with van der Waals surface area (Å²) in [5.74, 6) is 3.04. The molecule has 3 aromatic heterocycles. The maximum Gasteiger partial charge on any atom is 0.187 e. The van der Waals surface area contributed by atoms with Crippen LogP contribution < -0.4 is 14.8 Å². The van der Waals surface area contributed by atoms with Crippen LogP contribution in [0.25, 0.3) is 20.9 Å². The third-order valence-electron chi connectivity index (χ3n) is 5.73. The van der Waals surface area contributed by atoms with Gasteiger partial charge in [0.25, 0.3) is 0 Å². The van der Waals surface area contributed by atoms with E-state index in [0.717, 1.165) is 55.0 Å². The molecule has 0 amide bonds. The fourth-order valence-electron chi connectivity index (χ4n) is 3.91. The first-order valence-corrected chi connectivity index (χ1v) is 12.3. The van der Waals surface area contributed by atoms with E-state index in [0.29, 0.717) is 19.8 Å². The topological polar surface area (TPSA) is 87.9 Å². The molecule has 1 saturated heterocycles. The quantitative estimate of drug-likeness (QED) is 0.264. The van der Waals surface area contributed by atoms with Crippen molar-refractivity contribution in [2.24, 2.45) is 0 Å². The molecule has 0 spiro atoms. The molecule has 6 rings (SSSR count). The van der Waals surface area contributed by atoms with Crippen LogP contribution >= 0.6 is 11.3 Å². The molecule has 0 unspecified atom stereocenters. The van der Waals surface area contributed by atoms with E-state index >= 15 is 0 Å². The number of hydrogen-bond donors (Lipinski definition) is 1. The highest BCUT2D eigenvalue weighted by atomic mass is 32.1. The molecule has 8 nitrogen and oxygen atoms in total. The molecule has 0 aliphatic carbocycles. The van der Waals surface area contributed by atoms with E-state index in [9.17, 15) is 0 Å². The Balaban J connectivity index is 1.19. The summed E-state index contributed by atoms with van der Waals surface area (Å²) < 4.78 is 29.1. The molecule has 1 aliphatic heterocycles. The maximum absolute atomic E-state index is 5.99. The number of anilines is 2. The van der Waals surface area contributed by atoms with Crippen molar-refractivity contribution in [2.45, 2.75) is 12.9 Å². The fraction of sp³-hybridized carbons (Fsp3) is 0.185. The summed E-state index contributed by atoms with van der Waals surface area (Å²) in [7, 11) is 1.65. The Hall–Kier alpha value is -3.92. The summed E-state index contributed by atoms with van der Waals surface area (Å²) in [6.07, 6.45) is 2.87. The fourth-order valence-corrected chi connectivity index (χ4v) is 4.92. The van der Waals surface area contributed by atoms with Crippen molar-refractivity contribution in [3.05, 3.63) is 84.4 Å². The van der Waals surface area contributed by atoms with Gasteiger partial charge in [0, 0.05) is 17.3 Å². The van der Waals surface area contributed by atoms with E-state index in [1.807, 2.05) is 60.7 Å². The SMILES string of the molecule is COc1ccc(COc2cccc(Nc3ncnc4cc(-c5cc(C6OCCO6)co5)sc34)c2)cc1. The average molecular weight is 502 g/mol. The summed E-state index contributed by atoms with van der Waals surface area (Å²) in [5, 5.41) is 3.41. The van der Waals surface area contributed by atoms with Crippen molar-refractivity contribution in [1.29, 1.82) is 0 Å². The zero-order chi connectivity index (χ0) is 24.3. The van der Waals surface area contributed by atoms with Crippen LogP contribution in [-0.2, 0) is 16.1 Å². The van der Waals surface area contributed by atoms with Crippen LogP contribution in [-0.4, -0.2) is 30.3 Å². The Bertz CT molecular complexity index is 1470. The Kier molecular flexibility index (Phi) is 6.25. The summed E-state index contributed by atoms with van der Waals surface area (Å²) in [5.41, 5.74) is 3.64. The lowest BCUT2D eigenvalue weighted by molar-refractivity contribution is -0.0444. The van der Waals surface area contributed by atoms with Crippen LogP contribution in [0, 0.1) is 0 Å². The Morgan fingerprint density at radius 2 is 1.86 bits per heavy atom. The minimum atomic E-state index is -0.367. The summed E-state index contributed by atoms with van der Waals surface area (Å²) >= 11 is 1.56. The van der Waals surface area contributed by atoms with E-state index in [1.54, 1.807) is 31.0 Å². The molecule has 0 radical (unpaired) electrons. The van der Waals surface area contributed by atoms with Gasteiger partial charge in [-0.25, -0.2) is 9.97 Å². The van der Waals surface area contributed by atoms with Gasteiger partial charge in [0.2, 0.25) is 0 Å². The van der Waals surface area contributed by atoms with Crippen LogP contribution in [0.2, 0.25) is 0 Å². The van der Waals surface area contributed by atoms with E-state index in [1.165, 1.54) is 0 Å². The Labute approximate surface area is 211 Å². The first-order chi connectivity index (χ1) is 17.7. The van der Waals surface area contributed by atoms with Crippen LogP contribution in [0.3, 0.4) is 0 Å². The zero-order valence-corrected chi connectivity index (χ0v) is 20.3. The summed E-state index contributed by atoms with van der Waals surface area (Å²) in [6, 6.07) is 19.6. The van der Waals surface area contributed by atoms with Crippen molar-refractivity contribution in [3.63, 3.8) is 0 Å². The lowest BCUT2D eigenvalue weighted by Gasteiger charge is -2.10. The highest BCUT2D eigenvalue weighted by Gasteiger charge is 2.22. The maximum atomic E-state index is 5.99. The Morgan fingerprint density at radius 1 is 1.00 bits per heavy atom. The number of aromatic nitrogens is 2. The monoisotopic (exact) mass is 501 g/mol. The normalized spacial score (nSPS) is 13.8. The molecule has 182 valence electrons. The largest absolute Gasteiger partial charge is 0.497 e. The number of thiophene rings is 1. The third-order valence-corrected chi connectivity index (χ3v) is 6.87. The number of furan rings is 1. The van der Waals surface area contributed by atoms with Gasteiger partial charge in [-0.05, 0) is 42.0 Å². The molecule has 4 heterocycles. The number of methoxy groups -OCH3 is 1. The molecule has 1 N–H and O–H groups in total. The number of nitrogens with one attached hydrogen (secondary N) is 1. The minimum Gasteiger partial charge on any atom is -0.497 e. The van der Waals surface area contributed by atoms with Crippen LogP contribution in [0.15, 0.2) is 77.7 Å². The number of benzene rings is 2. The predicted molar refractivity (Wildman–Crippen MR) is 137 cm³/mol. The highest BCUT2D eigenvalue weighted by molar-refractivity contribution is 7.22. The molecular formula is C27H23N3O5S. The van der Waals surface area contributed by atoms with Crippen LogP contribution in [0.5, 0.6) is 11.5 Å². The molecule has 1 aliphatic rings. The lowest BCUT2D eigenvalue weighted by atomic mass is 10.2. The highest BCUT2D eigenvalue weighted by Crippen LogP contribution is 2.38. The first kappa shape index (κ1) is 22.5. The van der Waals surface area contributed by atoms with Crippen molar-refractivity contribution in [3.8, 4) is 22.1 Å². The van der Waals surface area contributed by atoms with E-state index in [2.05, 4.69) is 15.3 Å². The van der Waals surface area contributed by atoms with Crippen molar-refractivity contribution >= 4 is 33.1 Å². The average Bonchev–Trinajstić information content (AvgIpc) is 3.68. The number of nitrogens with zero attached hydrogens (tertiary/aromatic N) is 2. The van der Waals surface area contributed by atoms with Crippen LogP contribution in [0.1, 0.15) is 17.4 Å². The van der Waals surface area contributed by atoms with Gasteiger partial charge in [-0.1, -0.05) is 18.2 Å². The van der Waals surface area contributed by atoms with E-state index in [-0.39, 0.29) is 6.29 Å². The summed E-state index contributed by atoms with van der Waals surface area (Å²) in [6.45, 7) is 1.64. The van der Waals surface area contributed by atoms with Gasteiger partial charge in [0.15, 0.2) is 12.1 Å². The predicted octanol–water partition coefficient (Wildman–Crippen LogP) is 6.33. The molecule has 2 aromatic carbocycles. The molecular weight excluding hydrogens is 478 g/mol. The lowest BCUT2D eigenvalue weighted by Crippen LogP contribution is -1.97. The van der Waals surface area contributed by atoms with Gasteiger partial charge in [0.1, 0.15) is 30.2 Å². The molecule has 0 bridgehead atoms. The van der Waals surface area contributed by atoms with Crippen molar-refractivity contribution in [1.82, 2.24) is 9.97 Å². The van der Waals surface area contributed by atoms with Crippen molar-refractivity contribution in [2.75, 3.05) is 25.6 Å². The number of rotatable bonds is 8. The molecule has 1 fully saturated rings. The number of hydrogen-bond acceptors (Lipinski definition) is 9. The van der Waals surface area contributed by atoms with Crippen molar-refractivity contribution < 1.29 is 23.4 Å². The minimum absolute atomic E-state index is 0.367. The number of fused-ring (bicyclic) bond motifs is 1. The van der Waals surface area contributed by atoms with E-state index in [4.69, 9.17) is 23.4 Å². The first-order valence-electron chi connectivity index (χ1n) is 11.4. The Morgan fingerprint density at radius 3 is 2.69 bits per heavy atom. The van der Waals surface area contributed by atoms with Gasteiger partial charge in [0.05, 0.1) is 41.7 Å². The number of ether oxygens (including phenoxy) is 4. The molecule has 36 heavy (non-hydrogen) atoms. The standard InChI is InChI=1S/C27H23N3O5S/c1-31-20-7-5-17(6-8-20)14-34-21-4-2-3-19(12-21)30-26-25-22(28-16-29-26)13-24(36-25)23-11-18(15-35-23)27-32-9-10-33-27/h2-8,11-13,15-16,27H,9-10,14H2,1H3,(H,28,29,30). The molecule has 0 saturated carbocycles. The van der Waals surface area contributed by atoms with E-state index < -0.39 is 0 Å². The second kappa shape index (κ2) is 9.98. The second-order valence-corrected chi connectivity index (χ2v) is 9.21. The summed E-state index contributed by atoms with van der Waals surface area (Å²) in [4.78, 5) is 9.88. The molecule has 9 heteroatoms. The zero-order valence-electron chi connectivity index (χ0n) is 19.5. The second-order valence-electron chi connectivity index (χ2n) is 8.15. The molecule has 5 aromatic rings. The van der Waals surface area contributed by atoms with Gasteiger partial charge < -0.3 is 28.7 Å². The smallest absolute Gasteiger partial charge is 0.187 e. The van der Waals surface area contributed by atoms with Gasteiger partial charge in [-0.3, -0.25) is 0 Å². The van der Waals surface area contributed by atoms with Crippen LogP contribution in [0.4, 0.5) is 11.5 Å².